The van der Waals surface area contributed by atoms with Crippen LogP contribution in [-0.4, -0.2) is 37.3 Å². The van der Waals surface area contributed by atoms with E-state index in [0.717, 1.165) is 39.2 Å². The molecule has 0 aromatic heterocycles. The van der Waals surface area contributed by atoms with Crippen molar-refractivity contribution >= 4 is 33.2 Å². The number of carbonyl (C=O) groups is 1. The van der Waals surface area contributed by atoms with Gasteiger partial charge in [0.15, 0.2) is 5.25 Å². The first-order valence-corrected chi connectivity index (χ1v) is 9.11. The smallest absolute Gasteiger partial charge is 0.325 e. The zero-order chi connectivity index (χ0) is 16.1. The number of hydrogen-bond acceptors (Lipinski definition) is 5. The van der Waals surface area contributed by atoms with E-state index < -0.39 is 26.8 Å². The first-order valence-electron chi connectivity index (χ1n) is 7.16. The molecule has 6 nitrogen and oxygen atoms in total. The maximum Gasteiger partial charge on any atom is 0.325 e. The van der Waals surface area contributed by atoms with Gasteiger partial charge in [0, 0.05) is 0 Å². The van der Waals surface area contributed by atoms with Crippen LogP contribution in [0.3, 0.4) is 0 Å². The van der Waals surface area contributed by atoms with Crippen LogP contribution in [-0.2, 0) is 19.6 Å². The summed E-state index contributed by atoms with van der Waals surface area (Å²) in [7, 11) is -2.73. The molecule has 1 unspecified atom stereocenters. The molecule has 0 amide bonds. The van der Waals surface area contributed by atoms with Crippen molar-refractivity contribution in [3.63, 3.8) is 0 Å². The van der Waals surface area contributed by atoms with Gasteiger partial charge in [-0.05, 0) is 19.8 Å². The average Bonchev–Trinajstić information content (AvgIpc) is 2.39. The third-order valence-electron chi connectivity index (χ3n) is 4.01. The molecule has 1 atom stereocenters. The van der Waals surface area contributed by atoms with Gasteiger partial charge < -0.3 is 10.5 Å². The number of rotatable bonds is 5. The molecule has 3 N–H and O–H groups in total. The first kappa shape index (κ1) is 18.3. The number of nitrogens with two attached hydrogens (primary N) is 1. The SMILES string of the molecule is COC(=O)C(C)S(=O)(=O)NC1(C(N)=S)CCCCCCC1. The zero-order valence-corrected chi connectivity index (χ0v) is 14.2. The van der Waals surface area contributed by atoms with Gasteiger partial charge in [-0.15, -0.1) is 0 Å². The average molecular weight is 336 g/mol. The monoisotopic (exact) mass is 336 g/mol. The Morgan fingerprint density at radius 3 is 2.14 bits per heavy atom. The summed E-state index contributed by atoms with van der Waals surface area (Å²) in [4.78, 5) is 11.6. The summed E-state index contributed by atoms with van der Waals surface area (Å²) in [6, 6.07) is 0. The Balaban J connectivity index is 3.00. The molecule has 0 heterocycles. The molecule has 1 aliphatic rings. The third-order valence-corrected chi connectivity index (χ3v) is 6.20. The highest BCUT2D eigenvalue weighted by Gasteiger charge is 2.41. The summed E-state index contributed by atoms with van der Waals surface area (Å²) in [5, 5.41) is -1.29. The van der Waals surface area contributed by atoms with Gasteiger partial charge in [-0.3, -0.25) is 4.79 Å². The van der Waals surface area contributed by atoms with Crippen molar-refractivity contribution in [2.75, 3.05) is 7.11 Å². The molecular formula is C13H24N2O4S2. The van der Waals surface area contributed by atoms with Crippen molar-refractivity contribution in [3.05, 3.63) is 0 Å². The van der Waals surface area contributed by atoms with E-state index in [1.807, 2.05) is 0 Å². The van der Waals surface area contributed by atoms with Gasteiger partial charge in [0.05, 0.1) is 17.6 Å². The highest BCUT2D eigenvalue weighted by atomic mass is 32.2. The molecular weight excluding hydrogens is 312 g/mol. The van der Waals surface area contributed by atoms with E-state index >= 15 is 0 Å². The first-order chi connectivity index (χ1) is 9.75. The highest BCUT2D eigenvalue weighted by molar-refractivity contribution is 7.91. The van der Waals surface area contributed by atoms with E-state index in [4.69, 9.17) is 18.0 Å². The fourth-order valence-corrected chi connectivity index (χ4v) is 4.27. The van der Waals surface area contributed by atoms with Gasteiger partial charge in [-0.1, -0.05) is 44.3 Å². The number of esters is 1. The summed E-state index contributed by atoms with van der Waals surface area (Å²) in [6.07, 6.45) is 6.03. The van der Waals surface area contributed by atoms with E-state index in [1.54, 1.807) is 0 Å². The van der Waals surface area contributed by atoms with Crippen LogP contribution in [0.2, 0.25) is 0 Å². The molecule has 0 aromatic carbocycles. The fourth-order valence-electron chi connectivity index (χ4n) is 2.56. The Morgan fingerprint density at radius 2 is 1.71 bits per heavy atom. The predicted octanol–water partition coefficient (Wildman–Crippen LogP) is 1.24. The van der Waals surface area contributed by atoms with Crippen LogP contribution in [0.15, 0.2) is 0 Å². The zero-order valence-electron chi connectivity index (χ0n) is 12.6. The van der Waals surface area contributed by atoms with Crippen molar-refractivity contribution < 1.29 is 17.9 Å². The summed E-state index contributed by atoms with van der Waals surface area (Å²) in [6.45, 7) is 1.30. The quantitative estimate of drug-likeness (QED) is 0.579. The van der Waals surface area contributed by atoms with Crippen LogP contribution in [0.25, 0.3) is 0 Å². The van der Waals surface area contributed by atoms with Crippen molar-refractivity contribution in [2.24, 2.45) is 5.73 Å². The van der Waals surface area contributed by atoms with Gasteiger partial charge >= 0.3 is 5.97 Å². The number of nitrogens with one attached hydrogen (secondary N) is 1. The van der Waals surface area contributed by atoms with E-state index in [-0.39, 0.29) is 4.99 Å². The lowest BCUT2D eigenvalue weighted by Crippen LogP contribution is -2.59. The number of hydrogen-bond donors (Lipinski definition) is 2. The molecule has 122 valence electrons. The van der Waals surface area contributed by atoms with E-state index in [2.05, 4.69) is 9.46 Å². The molecule has 1 aliphatic carbocycles. The Labute approximate surface area is 131 Å². The lowest BCUT2D eigenvalue weighted by atomic mass is 9.85. The second kappa shape index (κ2) is 7.51. The Bertz CT molecular complexity index is 482. The number of methoxy groups -OCH3 is 1. The summed E-state index contributed by atoms with van der Waals surface area (Å²) < 4.78 is 31.9. The maximum absolute atomic E-state index is 12.4. The number of sulfonamides is 1. The molecule has 1 saturated carbocycles. The Morgan fingerprint density at radius 1 is 1.24 bits per heavy atom. The van der Waals surface area contributed by atoms with E-state index in [9.17, 15) is 13.2 Å². The Hall–Kier alpha value is -0.730. The largest absolute Gasteiger partial charge is 0.468 e. The minimum atomic E-state index is -3.89. The van der Waals surface area contributed by atoms with Gasteiger partial charge in [0.2, 0.25) is 10.0 Å². The lowest BCUT2D eigenvalue weighted by Gasteiger charge is -2.35. The molecule has 0 bridgehead atoms. The lowest BCUT2D eigenvalue weighted by molar-refractivity contribution is -0.139. The summed E-state index contributed by atoms with van der Waals surface area (Å²) >= 11 is 5.12. The standard InChI is InChI=1S/C13H24N2O4S2/c1-10(11(16)19-2)21(17,18)15-13(12(14)20)8-6-4-3-5-7-9-13/h10,15H,3-9H2,1-2H3,(H2,14,20). The second-order valence-electron chi connectivity index (χ2n) is 5.53. The van der Waals surface area contributed by atoms with Crippen molar-refractivity contribution in [3.8, 4) is 0 Å². The maximum atomic E-state index is 12.4. The van der Waals surface area contributed by atoms with Crippen LogP contribution in [0.1, 0.15) is 51.9 Å². The minimum absolute atomic E-state index is 0.144. The van der Waals surface area contributed by atoms with Gasteiger partial charge in [0.1, 0.15) is 0 Å². The van der Waals surface area contributed by atoms with Gasteiger partial charge in [0.25, 0.3) is 0 Å². The molecule has 0 aromatic rings. The molecule has 0 spiro atoms. The fraction of sp³-hybridized carbons (Fsp3) is 0.846. The highest BCUT2D eigenvalue weighted by Crippen LogP contribution is 2.28. The third kappa shape index (κ3) is 4.62. The van der Waals surface area contributed by atoms with Crippen LogP contribution in [0, 0.1) is 0 Å². The number of ether oxygens (including phenoxy) is 1. The molecule has 1 rings (SSSR count). The van der Waals surface area contributed by atoms with Crippen LogP contribution < -0.4 is 10.5 Å². The normalized spacial score (nSPS) is 20.9. The molecule has 1 fully saturated rings. The van der Waals surface area contributed by atoms with Crippen molar-refractivity contribution in [1.82, 2.24) is 4.72 Å². The molecule has 0 radical (unpaired) electrons. The van der Waals surface area contributed by atoms with Crippen LogP contribution in [0.4, 0.5) is 0 Å². The van der Waals surface area contributed by atoms with Gasteiger partial charge in [-0.2, -0.15) is 0 Å². The minimum Gasteiger partial charge on any atom is -0.468 e. The summed E-state index contributed by atoms with van der Waals surface area (Å²) in [5.41, 5.74) is 4.89. The van der Waals surface area contributed by atoms with E-state index in [0.29, 0.717) is 12.8 Å². The summed E-state index contributed by atoms with van der Waals surface area (Å²) in [5.74, 6) is -0.800. The van der Waals surface area contributed by atoms with Crippen LogP contribution in [0.5, 0.6) is 0 Å². The molecule has 0 aliphatic heterocycles. The molecule has 0 saturated heterocycles. The van der Waals surface area contributed by atoms with Gasteiger partial charge in [-0.25, -0.2) is 13.1 Å². The van der Waals surface area contributed by atoms with E-state index in [1.165, 1.54) is 6.92 Å². The van der Waals surface area contributed by atoms with Crippen molar-refractivity contribution in [2.45, 2.75) is 62.7 Å². The molecule has 8 heteroatoms. The second-order valence-corrected chi connectivity index (χ2v) is 7.97. The number of carbonyl (C=O) groups excluding carboxylic acids is 1. The van der Waals surface area contributed by atoms with Crippen molar-refractivity contribution in [1.29, 1.82) is 0 Å². The topological polar surface area (TPSA) is 98.5 Å². The molecule has 21 heavy (non-hydrogen) atoms. The predicted molar refractivity (Wildman–Crippen MR) is 85.4 cm³/mol. The van der Waals surface area contributed by atoms with Crippen LogP contribution >= 0.6 is 12.2 Å². The Kier molecular flexibility index (Phi) is 6.55. The number of thiocarbonyl (C=S) groups is 1.